The number of amides is 1. The molecule has 0 aromatic carbocycles. The largest absolute Gasteiger partial charge is 0.353 e. The Hall–Kier alpha value is -0.530. The quantitative estimate of drug-likeness (QED) is 0.632. The molecule has 2 rings (SSSR count). The van der Waals surface area contributed by atoms with E-state index in [-0.39, 0.29) is 5.91 Å². The van der Waals surface area contributed by atoms with Gasteiger partial charge in [0.2, 0.25) is 5.91 Å². The molecule has 2 nitrogen and oxygen atoms in total. The van der Waals surface area contributed by atoms with Gasteiger partial charge < -0.3 is 5.32 Å². The van der Waals surface area contributed by atoms with E-state index < -0.39 is 0 Å². The van der Waals surface area contributed by atoms with Gasteiger partial charge in [-0.05, 0) is 37.5 Å². The summed E-state index contributed by atoms with van der Waals surface area (Å²) in [5, 5.41) is 3.07. The molecule has 12 heavy (non-hydrogen) atoms. The van der Waals surface area contributed by atoms with Crippen molar-refractivity contribution in [3.63, 3.8) is 0 Å². The smallest absolute Gasteiger partial charge is 0.217 e. The summed E-state index contributed by atoms with van der Waals surface area (Å²) in [4.78, 5) is 10.9. The number of fused-ring (bicyclic) bond motifs is 2. The number of carbonyl (C=O) groups excluding carboxylic acids is 1. The van der Waals surface area contributed by atoms with Gasteiger partial charge in [-0.2, -0.15) is 0 Å². The van der Waals surface area contributed by atoms with Crippen LogP contribution < -0.4 is 5.32 Å². The van der Waals surface area contributed by atoms with E-state index in [0.29, 0.717) is 6.04 Å². The fourth-order valence-electron chi connectivity index (χ4n) is 2.84. The molecule has 2 aliphatic rings. The second-order valence-corrected chi connectivity index (χ2v) is 4.32. The third-order valence-electron chi connectivity index (χ3n) is 3.43. The van der Waals surface area contributed by atoms with Crippen LogP contribution in [0.3, 0.4) is 0 Å². The van der Waals surface area contributed by atoms with Crippen LogP contribution in [0.15, 0.2) is 0 Å². The number of nitrogens with one attached hydrogen (secondary N) is 1. The molecule has 2 aliphatic carbocycles. The zero-order valence-corrected chi connectivity index (χ0v) is 7.68. The van der Waals surface area contributed by atoms with Gasteiger partial charge in [0.1, 0.15) is 0 Å². The molecule has 1 amide bonds. The van der Waals surface area contributed by atoms with Gasteiger partial charge in [-0.25, -0.2) is 0 Å². The maximum Gasteiger partial charge on any atom is 0.217 e. The van der Waals surface area contributed by atoms with Crippen LogP contribution in [0.2, 0.25) is 0 Å². The monoisotopic (exact) mass is 167 g/mol. The van der Waals surface area contributed by atoms with Crippen molar-refractivity contribution >= 4 is 5.91 Å². The average molecular weight is 167 g/mol. The first-order valence-corrected chi connectivity index (χ1v) is 5.03. The van der Waals surface area contributed by atoms with Crippen LogP contribution in [-0.2, 0) is 4.79 Å². The summed E-state index contributed by atoms with van der Waals surface area (Å²) in [5.74, 6) is 1.93. The molecule has 68 valence electrons. The minimum absolute atomic E-state index is 0.144. The minimum atomic E-state index is 0.144. The number of hydrogen-bond donors (Lipinski definition) is 1. The van der Waals surface area contributed by atoms with Crippen LogP contribution in [0, 0.1) is 11.8 Å². The molecule has 0 aliphatic heterocycles. The average Bonchev–Trinajstić information content (AvgIpc) is 2.39. The second-order valence-electron chi connectivity index (χ2n) is 4.32. The lowest BCUT2D eigenvalue weighted by Crippen LogP contribution is -2.40. The number of carbonyl (C=O) groups is 1. The number of hydrogen-bond acceptors (Lipinski definition) is 1. The van der Waals surface area contributed by atoms with Crippen LogP contribution in [0.5, 0.6) is 0 Å². The first-order valence-electron chi connectivity index (χ1n) is 5.03. The predicted octanol–water partition coefficient (Wildman–Crippen LogP) is 1.70. The van der Waals surface area contributed by atoms with Crippen molar-refractivity contribution in [3.8, 4) is 0 Å². The van der Waals surface area contributed by atoms with Crippen molar-refractivity contribution in [1.29, 1.82) is 0 Å². The van der Waals surface area contributed by atoms with E-state index in [1.807, 2.05) is 0 Å². The summed E-state index contributed by atoms with van der Waals surface area (Å²) in [7, 11) is 0. The van der Waals surface area contributed by atoms with Crippen LogP contribution in [0.1, 0.15) is 39.0 Å². The van der Waals surface area contributed by atoms with Crippen LogP contribution >= 0.6 is 0 Å². The van der Waals surface area contributed by atoms with E-state index in [1.165, 1.54) is 32.1 Å². The molecule has 0 spiro atoms. The summed E-state index contributed by atoms with van der Waals surface area (Å²) in [6, 6.07) is 0.501. The molecule has 0 saturated heterocycles. The molecule has 0 aromatic heterocycles. The first-order chi connectivity index (χ1) is 5.75. The van der Waals surface area contributed by atoms with E-state index in [2.05, 4.69) is 5.32 Å². The van der Waals surface area contributed by atoms with Gasteiger partial charge in [-0.1, -0.05) is 6.42 Å². The Morgan fingerprint density at radius 2 is 2.00 bits per heavy atom. The highest BCUT2D eigenvalue weighted by Crippen LogP contribution is 2.41. The molecule has 1 N–H and O–H groups in total. The molecule has 2 bridgehead atoms. The van der Waals surface area contributed by atoms with Crippen LogP contribution in [-0.4, -0.2) is 11.9 Å². The SMILES string of the molecule is CC(=O)NC1CCC2CCC1C2. The summed E-state index contributed by atoms with van der Waals surface area (Å²) >= 11 is 0. The molecule has 2 saturated carbocycles. The molecule has 3 unspecified atom stereocenters. The summed E-state index contributed by atoms with van der Waals surface area (Å²) in [6.07, 6.45) is 6.66. The lowest BCUT2D eigenvalue weighted by Gasteiger charge is -2.29. The van der Waals surface area contributed by atoms with Gasteiger partial charge in [0.25, 0.3) is 0 Å². The highest BCUT2D eigenvalue weighted by molar-refractivity contribution is 5.73. The van der Waals surface area contributed by atoms with Gasteiger partial charge in [0.15, 0.2) is 0 Å². The third-order valence-corrected chi connectivity index (χ3v) is 3.43. The first kappa shape index (κ1) is 8.09. The van der Waals surface area contributed by atoms with E-state index in [4.69, 9.17) is 0 Å². The Bertz CT molecular complexity index is 190. The zero-order valence-electron chi connectivity index (χ0n) is 7.68. The Balaban J connectivity index is 1.93. The highest BCUT2D eigenvalue weighted by Gasteiger charge is 2.35. The Morgan fingerprint density at radius 1 is 1.25 bits per heavy atom. The topological polar surface area (TPSA) is 29.1 Å². The van der Waals surface area contributed by atoms with Crippen molar-refractivity contribution in [3.05, 3.63) is 0 Å². The normalized spacial score (nSPS) is 39.6. The fraction of sp³-hybridized carbons (Fsp3) is 0.900. The van der Waals surface area contributed by atoms with Crippen molar-refractivity contribution in [1.82, 2.24) is 5.32 Å². The third kappa shape index (κ3) is 1.47. The van der Waals surface area contributed by atoms with Gasteiger partial charge >= 0.3 is 0 Å². The molecular formula is C10H17NO. The summed E-state index contributed by atoms with van der Waals surface area (Å²) < 4.78 is 0. The summed E-state index contributed by atoms with van der Waals surface area (Å²) in [5.41, 5.74) is 0. The van der Waals surface area contributed by atoms with E-state index in [9.17, 15) is 4.79 Å². The molecule has 2 heteroatoms. The Kier molecular flexibility index (Phi) is 2.07. The summed E-state index contributed by atoms with van der Waals surface area (Å²) in [6.45, 7) is 1.63. The van der Waals surface area contributed by atoms with Gasteiger partial charge in [-0.15, -0.1) is 0 Å². The van der Waals surface area contributed by atoms with Crippen molar-refractivity contribution in [2.24, 2.45) is 11.8 Å². The van der Waals surface area contributed by atoms with Crippen molar-refractivity contribution in [2.45, 2.75) is 45.1 Å². The highest BCUT2D eigenvalue weighted by atomic mass is 16.1. The van der Waals surface area contributed by atoms with Gasteiger partial charge in [0, 0.05) is 13.0 Å². The van der Waals surface area contributed by atoms with Crippen molar-refractivity contribution in [2.75, 3.05) is 0 Å². The molecule has 0 radical (unpaired) electrons. The fourth-order valence-corrected chi connectivity index (χ4v) is 2.84. The Morgan fingerprint density at radius 3 is 2.75 bits per heavy atom. The van der Waals surface area contributed by atoms with Gasteiger partial charge in [0.05, 0.1) is 0 Å². The maximum absolute atomic E-state index is 10.9. The molecule has 3 atom stereocenters. The van der Waals surface area contributed by atoms with Crippen molar-refractivity contribution < 1.29 is 4.79 Å². The van der Waals surface area contributed by atoms with Crippen LogP contribution in [0.25, 0.3) is 0 Å². The van der Waals surface area contributed by atoms with Crippen LogP contribution in [0.4, 0.5) is 0 Å². The minimum Gasteiger partial charge on any atom is -0.353 e. The maximum atomic E-state index is 10.9. The molecular weight excluding hydrogens is 150 g/mol. The second kappa shape index (κ2) is 3.08. The van der Waals surface area contributed by atoms with Gasteiger partial charge in [-0.3, -0.25) is 4.79 Å². The lowest BCUT2D eigenvalue weighted by molar-refractivity contribution is -0.120. The molecule has 0 aromatic rings. The molecule has 0 heterocycles. The Labute approximate surface area is 73.7 Å². The zero-order chi connectivity index (χ0) is 8.55. The molecule has 2 fully saturated rings. The van der Waals surface area contributed by atoms with E-state index in [0.717, 1.165) is 11.8 Å². The van der Waals surface area contributed by atoms with E-state index >= 15 is 0 Å². The lowest BCUT2D eigenvalue weighted by atomic mass is 9.85. The standard InChI is InChI=1S/C10H17NO/c1-7(12)11-10-5-3-8-2-4-9(10)6-8/h8-10H,2-6H2,1H3,(H,11,12). The number of rotatable bonds is 1. The van der Waals surface area contributed by atoms with E-state index in [1.54, 1.807) is 6.92 Å². The predicted molar refractivity (Wildman–Crippen MR) is 47.7 cm³/mol.